The lowest BCUT2D eigenvalue weighted by atomic mass is 10.1. The van der Waals surface area contributed by atoms with Crippen LogP contribution in [0.2, 0.25) is 0 Å². The zero-order valence-electron chi connectivity index (χ0n) is 13.4. The standard InChI is InChI=1S/C18H21N3O2S/c19-11-5-12-21(15-17-6-2-1-3-7-17)13-10-16-8-4-9-18(14-16)20-24(22)23/h1-4,6-9,14,20H,5,10,12-13,15H2,(H,22,23). The van der Waals surface area contributed by atoms with Gasteiger partial charge in [0.2, 0.25) is 0 Å². The van der Waals surface area contributed by atoms with Crippen LogP contribution in [0.1, 0.15) is 17.5 Å². The highest BCUT2D eigenvalue weighted by molar-refractivity contribution is 7.80. The predicted octanol–water partition coefficient (Wildman–Crippen LogP) is 3.19. The van der Waals surface area contributed by atoms with Gasteiger partial charge >= 0.3 is 0 Å². The average Bonchev–Trinajstić information content (AvgIpc) is 2.58. The molecular formula is C18H21N3O2S. The van der Waals surface area contributed by atoms with E-state index in [-0.39, 0.29) is 0 Å². The van der Waals surface area contributed by atoms with Crippen LogP contribution in [0.3, 0.4) is 0 Å². The van der Waals surface area contributed by atoms with Crippen molar-refractivity contribution in [3.8, 4) is 6.07 Å². The molecule has 0 aromatic heterocycles. The van der Waals surface area contributed by atoms with E-state index in [2.05, 4.69) is 27.8 Å². The maximum atomic E-state index is 10.8. The first-order valence-corrected chi connectivity index (χ1v) is 8.88. The number of nitrogens with zero attached hydrogens (tertiary/aromatic N) is 2. The summed E-state index contributed by atoms with van der Waals surface area (Å²) in [5, 5.41) is 8.85. The van der Waals surface area contributed by atoms with Gasteiger partial charge in [-0.25, -0.2) is 4.21 Å². The zero-order chi connectivity index (χ0) is 17.2. The molecule has 0 spiro atoms. The summed E-state index contributed by atoms with van der Waals surface area (Å²) >= 11 is -2.06. The lowest BCUT2D eigenvalue weighted by molar-refractivity contribution is 0.275. The molecule has 0 saturated carbocycles. The number of rotatable bonds is 9. The first-order valence-electron chi connectivity index (χ1n) is 7.77. The molecule has 0 aliphatic heterocycles. The summed E-state index contributed by atoms with van der Waals surface area (Å²) in [7, 11) is 0. The van der Waals surface area contributed by atoms with Crippen molar-refractivity contribution < 1.29 is 8.76 Å². The van der Waals surface area contributed by atoms with Crippen LogP contribution in [0.4, 0.5) is 5.69 Å². The Balaban J connectivity index is 1.96. The van der Waals surface area contributed by atoms with E-state index in [0.29, 0.717) is 12.1 Å². The van der Waals surface area contributed by atoms with Gasteiger partial charge in [-0.15, -0.1) is 0 Å². The Morgan fingerprint density at radius 1 is 1.08 bits per heavy atom. The lowest BCUT2D eigenvalue weighted by Gasteiger charge is -2.21. The minimum absolute atomic E-state index is 0.498. The smallest absolute Gasteiger partial charge is 0.259 e. The second kappa shape index (κ2) is 9.83. The quantitative estimate of drug-likeness (QED) is 0.686. The second-order valence-corrected chi connectivity index (χ2v) is 6.17. The van der Waals surface area contributed by atoms with Crippen molar-refractivity contribution in [2.24, 2.45) is 0 Å². The molecule has 0 bridgehead atoms. The fourth-order valence-electron chi connectivity index (χ4n) is 2.50. The molecule has 1 unspecified atom stereocenters. The topological polar surface area (TPSA) is 76.4 Å². The summed E-state index contributed by atoms with van der Waals surface area (Å²) in [4.78, 5) is 2.25. The number of nitriles is 1. The van der Waals surface area contributed by atoms with Crippen LogP contribution in [0, 0.1) is 11.3 Å². The van der Waals surface area contributed by atoms with E-state index in [9.17, 15) is 4.21 Å². The number of nitrogens with one attached hydrogen (secondary N) is 1. The van der Waals surface area contributed by atoms with Crippen LogP contribution >= 0.6 is 0 Å². The third-order valence-electron chi connectivity index (χ3n) is 3.64. The number of hydrogen-bond acceptors (Lipinski definition) is 3. The molecule has 2 aromatic rings. The fourth-order valence-corrected chi connectivity index (χ4v) is 2.83. The molecule has 0 saturated heterocycles. The highest BCUT2D eigenvalue weighted by Crippen LogP contribution is 2.13. The molecule has 126 valence electrons. The number of benzene rings is 2. The highest BCUT2D eigenvalue weighted by atomic mass is 32.2. The summed E-state index contributed by atoms with van der Waals surface area (Å²) in [6.45, 7) is 2.35. The molecule has 0 aliphatic carbocycles. The molecule has 5 nitrogen and oxygen atoms in total. The monoisotopic (exact) mass is 343 g/mol. The Hall–Kier alpha value is -2.20. The maximum absolute atomic E-state index is 10.8. The highest BCUT2D eigenvalue weighted by Gasteiger charge is 2.07. The van der Waals surface area contributed by atoms with Crippen LogP contribution in [0.15, 0.2) is 54.6 Å². The van der Waals surface area contributed by atoms with Crippen molar-refractivity contribution in [3.05, 3.63) is 65.7 Å². The fraction of sp³-hybridized carbons (Fsp3) is 0.278. The Morgan fingerprint density at radius 3 is 2.54 bits per heavy atom. The first kappa shape index (κ1) is 18.1. The molecule has 2 rings (SSSR count). The van der Waals surface area contributed by atoms with Gasteiger partial charge in [0.05, 0.1) is 6.07 Å². The normalized spacial score (nSPS) is 11.9. The summed E-state index contributed by atoms with van der Waals surface area (Å²) < 4.78 is 22.2. The van der Waals surface area contributed by atoms with Gasteiger partial charge < -0.3 is 0 Å². The van der Waals surface area contributed by atoms with E-state index in [4.69, 9.17) is 9.81 Å². The van der Waals surface area contributed by atoms with Gasteiger partial charge in [0.1, 0.15) is 0 Å². The van der Waals surface area contributed by atoms with Gasteiger partial charge in [-0.2, -0.15) is 5.26 Å². The largest absolute Gasteiger partial charge is 0.298 e. The summed E-state index contributed by atoms with van der Waals surface area (Å²) in [6, 6.07) is 19.9. The van der Waals surface area contributed by atoms with Crippen LogP contribution in [0.25, 0.3) is 0 Å². The molecule has 6 heteroatoms. The molecule has 0 radical (unpaired) electrons. The van der Waals surface area contributed by atoms with Crippen molar-refractivity contribution in [1.29, 1.82) is 5.26 Å². The van der Waals surface area contributed by atoms with Crippen molar-refractivity contribution >= 4 is 17.0 Å². The summed E-state index contributed by atoms with van der Waals surface area (Å²) in [6.07, 6.45) is 1.31. The summed E-state index contributed by atoms with van der Waals surface area (Å²) in [5.74, 6) is 0. The average molecular weight is 343 g/mol. The first-order chi connectivity index (χ1) is 11.7. The van der Waals surface area contributed by atoms with E-state index in [0.717, 1.165) is 31.6 Å². The number of hydrogen-bond donors (Lipinski definition) is 2. The maximum Gasteiger partial charge on any atom is 0.259 e. The molecule has 0 aliphatic rings. The van der Waals surface area contributed by atoms with Crippen molar-refractivity contribution in [3.63, 3.8) is 0 Å². The van der Waals surface area contributed by atoms with Gasteiger partial charge in [-0.05, 0) is 29.7 Å². The Kier molecular flexibility index (Phi) is 7.43. The molecule has 0 heterocycles. The van der Waals surface area contributed by atoms with E-state index in [1.165, 1.54) is 5.56 Å². The van der Waals surface area contributed by atoms with Gasteiger partial charge in [0, 0.05) is 31.7 Å². The van der Waals surface area contributed by atoms with E-state index >= 15 is 0 Å². The molecule has 1 atom stereocenters. The van der Waals surface area contributed by atoms with Gasteiger partial charge in [0.25, 0.3) is 11.3 Å². The Bertz CT molecular complexity index is 701. The van der Waals surface area contributed by atoms with Crippen LogP contribution in [0.5, 0.6) is 0 Å². The van der Waals surface area contributed by atoms with Crippen LogP contribution in [-0.2, 0) is 24.2 Å². The van der Waals surface area contributed by atoms with Gasteiger partial charge in [-0.3, -0.25) is 14.2 Å². The SMILES string of the molecule is N#CCCN(CCc1cccc(NS(=O)O)c1)Cc1ccccc1. The van der Waals surface area contributed by atoms with Crippen LogP contribution < -0.4 is 4.72 Å². The second-order valence-electron chi connectivity index (χ2n) is 5.47. The third kappa shape index (κ3) is 6.50. The molecular weight excluding hydrogens is 322 g/mol. The van der Waals surface area contributed by atoms with Crippen molar-refractivity contribution in [2.45, 2.75) is 19.4 Å². The van der Waals surface area contributed by atoms with Crippen molar-refractivity contribution in [2.75, 3.05) is 17.8 Å². The van der Waals surface area contributed by atoms with E-state index in [1.54, 1.807) is 6.07 Å². The third-order valence-corrected chi connectivity index (χ3v) is 4.05. The molecule has 0 fully saturated rings. The minimum Gasteiger partial charge on any atom is -0.298 e. The molecule has 24 heavy (non-hydrogen) atoms. The zero-order valence-corrected chi connectivity index (χ0v) is 14.2. The van der Waals surface area contributed by atoms with Crippen molar-refractivity contribution in [1.82, 2.24) is 4.90 Å². The predicted molar refractivity (Wildman–Crippen MR) is 96.5 cm³/mol. The van der Waals surface area contributed by atoms with Gasteiger partial charge in [0.15, 0.2) is 0 Å². The summed E-state index contributed by atoms with van der Waals surface area (Å²) in [5.41, 5.74) is 2.93. The Morgan fingerprint density at radius 2 is 1.83 bits per heavy atom. The molecule has 0 amide bonds. The molecule has 2 aromatic carbocycles. The number of anilines is 1. The van der Waals surface area contributed by atoms with E-state index < -0.39 is 11.3 Å². The lowest BCUT2D eigenvalue weighted by Crippen LogP contribution is -2.26. The molecule has 2 N–H and O–H groups in total. The van der Waals surface area contributed by atoms with Gasteiger partial charge in [-0.1, -0.05) is 42.5 Å². The minimum atomic E-state index is -2.06. The van der Waals surface area contributed by atoms with E-state index in [1.807, 2.05) is 36.4 Å². The van der Waals surface area contributed by atoms with Crippen LogP contribution in [-0.4, -0.2) is 26.8 Å². The Labute approximate surface area is 145 Å².